The molecule has 0 spiro atoms. The molecule has 0 aromatic heterocycles. The van der Waals surface area contributed by atoms with Crippen LogP contribution in [0.5, 0.6) is 11.5 Å². The fraction of sp³-hybridized carbons (Fsp3) is 0.708. The van der Waals surface area contributed by atoms with E-state index in [0.29, 0.717) is 11.7 Å². The summed E-state index contributed by atoms with van der Waals surface area (Å²) in [6, 6.07) is 4.28. The standard InChI is InChI=1S/C24H36O4/c1-6-7-8-10-24(4,5)16-12-18(27-15-21(25)26)22-17-9-11-23(2,3)14-20(17)28-19(22)13-16/h12-13,17,20H,6-11,14-15H2,1-5H3,(H,25,26). The lowest BCUT2D eigenvalue weighted by atomic mass is 9.70. The lowest BCUT2D eigenvalue weighted by Gasteiger charge is -2.36. The second-order valence-corrected chi connectivity index (χ2v) is 10.1. The molecular weight excluding hydrogens is 352 g/mol. The van der Waals surface area contributed by atoms with Crippen molar-refractivity contribution in [3.63, 3.8) is 0 Å². The fourth-order valence-electron chi connectivity index (χ4n) is 4.81. The molecule has 1 saturated carbocycles. The quantitative estimate of drug-likeness (QED) is 0.550. The number of aliphatic carboxylic acids is 1. The highest BCUT2D eigenvalue weighted by Gasteiger charge is 2.44. The van der Waals surface area contributed by atoms with Gasteiger partial charge in [-0.1, -0.05) is 53.9 Å². The molecule has 2 atom stereocenters. The Bertz CT molecular complexity index is 720. The van der Waals surface area contributed by atoms with Crippen molar-refractivity contribution < 1.29 is 19.4 Å². The van der Waals surface area contributed by atoms with E-state index in [1.807, 2.05) is 0 Å². The zero-order valence-electron chi connectivity index (χ0n) is 18.1. The van der Waals surface area contributed by atoms with Gasteiger partial charge in [-0.05, 0) is 54.2 Å². The Hall–Kier alpha value is -1.71. The molecule has 1 aliphatic heterocycles. The average Bonchev–Trinajstić information content (AvgIpc) is 2.95. The van der Waals surface area contributed by atoms with Crippen molar-refractivity contribution in [2.75, 3.05) is 6.61 Å². The van der Waals surface area contributed by atoms with Crippen molar-refractivity contribution in [1.82, 2.24) is 0 Å². The minimum atomic E-state index is -0.943. The molecule has 4 nitrogen and oxygen atoms in total. The van der Waals surface area contributed by atoms with Crippen molar-refractivity contribution in [2.45, 2.75) is 97.0 Å². The van der Waals surface area contributed by atoms with Gasteiger partial charge in [0.25, 0.3) is 0 Å². The normalized spacial score (nSPS) is 22.9. The van der Waals surface area contributed by atoms with Crippen LogP contribution >= 0.6 is 0 Å². The number of ether oxygens (including phenoxy) is 2. The largest absolute Gasteiger partial charge is 0.489 e. The summed E-state index contributed by atoms with van der Waals surface area (Å²) >= 11 is 0. The summed E-state index contributed by atoms with van der Waals surface area (Å²) in [5.74, 6) is 0.991. The fourth-order valence-corrected chi connectivity index (χ4v) is 4.81. The summed E-state index contributed by atoms with van der Waals surface area (Å²) in [6.07, 6.45) is 8.13. The van der Waals surface area contributed by atoms with Crippen LogP contribution < -0.4 is 9.47 Å². The summed E-state index contributed by atoms with van der Waals surface area (Å²) in [7, 11) is 0. The molecule has 156 valence electrons. The van der Waals surface area contributed by atoms with Gasteiger partial charge in [-0.25, -0.2) is 4.79 Å². The van der Waals surface area contributed by atoms with Crippen molar-refractivity contribution in [3.8, 4) is 11.5 Å². The molecule has 1 aliphatic carbocycles. The summed E-state index contributed by atoms with van der Waals surface area (Å²) in [5, 5.41) is 9.14. The molecule has 1 fully saturated rings. The Kier molecular flexibility index (Phi) is 5.97. The van der Waals surface area contributed by atoms with E-state index in [4.69, 9.17) is 14.6 Å². The maximum Gasteiger partial charge on any atom is 0.341 e. The Morgan fingerprint density at radius 3 is 2.75 bits per heavy atom. The molecule has 0 saturated heterocycles. The third kappa shape index (κ3) is 4.47. The van der Waals surface area contributed by atoms with Gasteiger partial charge in [-0.15, -0.1) is 0 Å². The smallest absolute Gasteiger partial charge is 0.341 e. The van der Waals surface area contributed by atoms with Gasteiger partial charge in [0.2, 0.25) is 0 Å². The van der Waals surface area contributed by atoms with Crippen LogP contribution in [-0.2, 0) is 10.2 Å². The molecule has 3 rings (SSSR count). The molecule has 2 unspecified atom stereocenters. The van der Waals surface area contributed by atoms with Crippen LogP contribution in [0.25, 0.3) is 0 Å². The van der Waals surface area contributed by atoms with Crippen LogP contribution in [0.1, 0.15) is 96.6 Å². The Morgan fingerprint density at radius 1 is 1.32 bits per heavy atom. The lowest BCUT2D eigenvalue weighted by Crippen LogP contribution is -2.32. The van der Waals surface area contributed by atoms with Gasteiger partial charge in [-0.2, -0.15) is 0 Å². The van der Waals surface area contributed by atoms with Crippen LogP contribution in [0, 0.1) is 5.41 Å². The number of carbonyl (C=O) groups is 1. The van der Waals surface area contributed by atoms with Gasteiger partial charge in [-0.3, -0.25) is 0 Å². The summed E-state index contributed by atoms with van der Waals surface area (Å²) in [6.45, 7) is 11.0. The Morgan fingerprint density at radius 2 is 2.07 bits per heavy atom. The maximum absolute atomic E-state index is 11.1. The highest BCUT2D eigenvalue weighted by atomic mass is 16.5. The maximum atomic E-state index is 11.1. The molecule has 28 heavy (non-hydrogen) atoms. The summed E-state index contributed by atoms with van der Waals surface area (Å²) in [4.78, 5) is 11.1. The number of unbranched alkanes of at least 4 members (excludes halogenated alkanes) is 2. The van der Waals surface area contributed by atoms with E-state index in [2.05, 4.69) is 46.8 Å². The van der Waals surface area contributed by atoms with Crippen molar-refractivity contribution in [1.29, 1.82) is 0 Å². The molecule has 0 amide bonds. The van der Waals surface area contributed by atoms with Crippen LogP contribution in [0.15, 0.2) is 12.1 Å². The second kappa shape index (κ2) is 7.96. The molecular formula is C24H36O4. The topological polar surface area (TPSA) is 55.8 Å². The zero-order valence-corrected chi connectivity index (χ0v) is 18.1. The van der Waals surface area contributed by atoms with E-state index < -0.39 is 5.97 Å². The Labute approximate surface area is 169 Å². The van der Waals surface area contributed by atoms with Crippen LogP contribution in [0.4, 0.5) is 0 Å². The van der Waals surface area contributed by atoms with Gasteiger partial charge < -0.3 is 14.6 Å². The third-order valence-electron chi connectivity index (χ3n) is 6.63. The highest BCUT2D eigenvalue weighted by molar-refractivity contribution is 5.69. The zero-order chi connectivity index (χ0) is 20.5. The van der Waals surface area contributed by atoms with E-state index in [-0.39, 0.29) is 23.5 Å². The van der Waals surface area contributed by atoms with E-state index in [9.17, 15) is 4.79 Å². The van der Waals surface area contributed by atoms with Crippen LogP contribution in [0.2, 0.25) is 0 Å². The van der Waals surface area contributed by atoms with Gasteiger partial charge in [0, 0.05) is 11.5 Å². The number of hydrogen-bond acceptors (Lipinski definition) is 3. The lowest BCUT2D eigenvalue weighted by molar-refractivity contribution is -0.139. The predicted octanol–water partition coefficient (Wildman–Crippen LogP) is 6.06. The third-order valence-corrected chi connectivity index (χ3v) is 6.63. The Balaban J connectivity index is 1.94. The predicted molar refractivity (Wildman–Crippen MR) is 112 cm³/mol. The minimum absolute atomic E-state index is 0.00191. The SMILES string of the molecule is CCCCCC(C)(C)c1cc(OCC(=O)O)c2c(c1)OC1CC(C)(C)CCC21. The first-order valence-electron chi connectivity index (χ1n) is 10.8. The number of rotatable bonds is 8. The van der Waals surface area contributed by atoms with E-state index in [0.717, 1.165) is 37.0 Å². The molecule has 0 radical (unpaired) electrons. The van der Waals surface area contributed by atoms with E-state index in [1.165, 1.54) is 24.8 Å². The van der Waals surface area contributed by atoms with Crippen LogP contribution in [-0.4, -0.2) is 23.8 Å². The van der Waals surface area contributed by atoms with Gasteiger partial charge in [0.1, 0.15) is 17.6 Å². The first kappa shape index (κ1) is 21.0. The van der Waals surface area contributed by atoms with Crippen molar-refractivity contribution >= 4 is 5.97 Å². The average molecular weight is 389 g/mol. The molecule has 1 aromatic rings. The van der Waals surface area contributed by atoms with E-state index in [1.54, 1.807) is 0 Å². The van der Waals surface area contributed by atoms with Gasteiger partial charge >= 0.3 is 5.97 Å². The second-order valence-electron chi connectivity index (χ2n) is 10.1. The number of fused-ring (bicyclic) bond motifs is 3. The summed E-state index contributed by atoms with van der Waals surface area (Å²) in [5.41, 5.74) is 2.56. The van der Waals surface area contributed by atoms with Crippen LogP contribution in [0.3, 0.4) is 0 Å². The van der Waals surface area contributed by atoms with Crippen molar-refractivity contribution in [3.05, 3.63) is 23.3 Å². The highest BCUT2D eigenvalue weighted by Crippen LogP contribution is 2.54. The molecule has 1 heterocycles. The number of carboxylic acid groups (broad SMARTS) is 1. The molecule has 1 N–H and O–H groups in total. The van der Waals surface area contributed by atoms with E-state index >= 15 is 0 Å². The number of benzene rings is 1. The number of carboxylic acids is 1. The first-order valence-corrected chi connectivity index (χ1v) is 10.8. The first-order chi connectivity index (χ1) is 13.1. The monoisotopic (exact) mass is 388 g/mol. The molecule has 4 heteroatoms. The molecule has 2 aliphatic rings. The molecule has 1 aromatic carbocycles. The summed E-state index contributed by atoms with van der Waals surface area (Å²) < 4.78 is 12.2. The molecule has 0 bridgehead atoms. The van der Waals surface area contributed by atoms with Gasteiger partial charge in [0.05, 0.1) is 0 Å². The number of hydrogen-bond donors (Lipinski definition) is 1. The minimum Gasteiger partial charge on any atom is -0.489 e. The van der Waals surface area contributed by atoms with Crippen molar-refractivity contribution in [2.24, 2.45) is 5.41 Å². The van der Waals surface area contributed by atoms with Gasteiger partial charge in [0.15, 0.2) is 6.61 Å².